The van der Waals surface area contributed by atoms with E-state index in [9.17, 15) is 10.1 Å². The summed E-state index contributed by atoms with van der Waals surface area (Å²) in [4.78, 5) is 10.3. The summed E-state index contributed by atoms with van der Waals surface area (Å²) in [5.74, 6) is 0. The second kappa shape index (κ2) is 6.72. The highest BCUT2D eigenvalue weighted by Gasteiger charge is 2.13. The van der Waals surface area contributed by atoms with Crippen molar-refractivity contribution in [3.8, 4) is 0 Å². The zero-order chi connectivity index (χ0) is 16.3. The van der Waals surface area contributed by atoms with E-state index in [0.29, 0.717) is 10.8 Å². The van der Waals surface area contributed by atoms with Crippen LogP contribution in [0.3, 0.4) is 0 Å². The Morgan fingerprint density at radius 3 is 2.59 bits per heavy atom. The number of thiocarbonyl (C=S) groups is 1. The van der Waals surface area contributed by atoms with Crippen molar-refractivity contribution in [1.29, 1.82) is 0 Å². The molecular weight excluding hydrogens is 322 g/mol. The van der Waals surface area contributed by atoms with Gasteiger partial charge in [-0.25, -0.2) is 0 Å². The van der Waals surface area contributed by atoms with Crippen molar-refractivity contribution in [1.82, 2.24) is 0 Å². The standard InChI is InChI=1S/C15H14ClN3O2S/c1-9-3-4-10(2)13(7-9)18-15(22)17-11-5-6-12(16)14(8-11)19(20)21/h3-8H,1-2H3,(H2,17,18,22). The van der Waals surface area contributed by atoms with Crippen molar-refractivity contribution < 1.29 is 4.92 Å². The van der Waals surface area contributed by atoms with Gasteiger partial charge in [-0.2, -0.15) is 0 Å². The zero-order valence-corrected chi connectivity index (χ0v) is 13.6. The molecule has 0 unspecified atom stereocenters. The van der Waals surface area contributed by atoms with Crippen LogP contribution in [-0.2, 0) is 0 Å². The van der Waals surface area contributed by atoms with Gasteiger partial charge in [-0.05, 0) is 55.4 Å². The molecule has 2 aromatic carbocycles. The van der Waals surface area contributed by atoms with Crippen molar-refractivity contribution in [3.05, 3.63) is 62.7 Å². The van der Waals surface area contributed by atoms with Crippen molar-refractivity contribution in [2.24, 2.45) is 0 Å². The quantitative estimate of drug-likeness (QED) is 0.484. The first-order chi connectivity index (χ1) is 10.4. The number of nitro groups is 1. The second-order valence-corrected chi connectivity index (χ2v) is 5.64. The normalized spacial score (nSPS) is 10.1. The first-order valence-corrected chi connectivity index (χ1v) is 7.24. The molecule has 0 saturated heterocycles. The van der Waals surface area contributed by atoms with E-state index in [-0.39, 0.29) is 10.7 Å². The Morgan fingerprint density at radius 2 is 1.91 bits per heavy atom. The monoisotopic (exact) mass is 335 g/mol. The summed E-state index contributed by atoms with van der Waals surface area (Å²) in [6.45, 7) is 3.96. The number of hydrogen-bond donors (Lipinski definition) is 2. The smallest absolute Gasteiger partial charge is 0.289 e. The summed E-state index contributed by atoms with van der Waals surface area (Å²) in [5, 5.41) is 17.3. The van der Waals surface area contributed by atoms with E-state index in [1.807, 2.05) is 32.0 Å². The average molecular weight is 336 g/mol. The van der Waals surface area contributed by atoms with Crippen molar-refractivity contribution in [3.63, 3.8) is 0 Å². The molecule has 0 spiro atoms. The Labute approximate surface area is 138 Å². The highest BCUT2D eigenvalue weighted by molar-refractivity contribution is 7.80. The first kappa shape index (κ1) is 16.2. The number of nitrogens with one attached hydrogen (secondary N) is 2. The van der Waals surface area contributed by atoms with Crippen LogP contribution < -0.4 is 10.6 Å². The average Bonchev–Trinajstić information content (AvgIpc) is 2.44. The van der Waals surface area contributed by atoms with Crippen molar-refractivity contribution in [2.75, 3.05) is 10.6 Å². The topological polar surface area (TPSA) is 67.2 Å². The van der Waals surface area contributed by atoms with Crippen LogP contribution in [0.2, 0.25) is 5.02 Å². The van der Waals surface area contributed by atoms with Crippen LogP contribution >= 0.6 is 23.8 Å². The van der Waals surface area contributed by atoms with Crippen LogP contribution in [0.1, 0.15) is 11.1 Å². The summed E-state index contributed by atoms with van der Waals surface area (Å²) >= 11 is 11.0. The van der Waals surface area contributed by atoms with E-state index in [2.05, 4.69) is 10.6 Å². The van der Waals surface area contributed by atoms with Gasteiger partial charge >= 0.3 is 0 Å². The van der Waals surface area contributed by atoms with Crippen molar-refractivity contribution >= 4 is 46.0 Å². The number of halogens is 1. The molecule has 0 atom stereocenters. The first-order valence-electron chi connectivity index (χ1n) is 6.46. The predicted molar refractivity (Wildman–Crippen MR) is 93.9 cm³/mol. The van der Waals surface area contributed by atoms with E-state index in [4.69, 9.17) is 23.8 Å². The number of nitro benzene ring substituents is 1. The zero-order valence-electron chi connectivity index (χ0n) is 12.0. The maximum atomic E-state index is 10.9. The number of rotatable bonds is 3. The number of aryl methyl sites for hydroxylation is 2. The van der Waals surface area contributed by atoms with Gasteiger partial charge in [0.05, 0.1) is 4.92 Å². The minimum atomic E-state index is -0.533. The molecule has 2 rings (SSSR count). The number of nitrogens with zero attached hydrogens (tertiary/aromatic N) is 1. The molecule has 114 valence electrons. The number of benzene rings is 2. The molecule has 0 aliphatic rings. The van der Waals surface area contributed by atoms with Crippen molar-refractivity contribution in [2.45, 2.75) is 13.8 Å². The number of anilines is 2. The van der Waals surface area contributed by atoms with Gasteiger partial charge in [0.25, 0.3) is 5.69 Å². The summed E-state index contributed by atoms with van der Waals surface area (Å²) in [6.07, 6.45) is 0. The van der Waals surface area contributed by atoms with E-state index < -0.39 is 4.92 Å². The SMILES string of the molecule is Cc1ccc(C)c(NC(=S)Nc2ccc(Cl)c([N+](=O)[O-])c2)c1. The van der Waals surface area contributed by atoms with Crippen LogP contribution in [0.25, 0.3) is 0 Å². The Morgan fingerprint density at radius 1 is 1.18 bits per heavy atom. The van der Waals surface area contributed by atoms with Gasteiger partial charge in [0, 0.05) is 17.4 Å². The molecule has 22 heavy (non-hydrogen) atoms. The molecular formula is C15H14ClN3O2S. The molecule has 0 amide bonds. The Balaban J connectivity index is 2.14. The minimum absolute atomic E-state index is 0.0870. The largest absolute Gasteiger partial charge is 0.332 e. The van der Waals surface area contributed by atoms with E-state index >= 15 is 0 Å². The van der Waals surface area contributed by atoms with Gasteiger partial charge in [0.15, 0.2) is 5.11 Å². The number of hydrogen-bond acceptors (Lipinski definition) is 3. The summed E-state index contributed by atoms with van der Waals surface area (Å²) < 4.78 is 0. The molecule has 0 radical (unpaired) electrons. The van der Waals surface area contributed by atoms with Crippen LogP contribution in [-0.4, -0.2) is 10.0 Å². The summed E-state index contributed by atoms with van der Waals surface area (Å²) in [5.41, 5.74) is 3.39. The molecule has 0 aliphatic carbocycles. The van der Waals surface area contributed by atoms with Gasteiger partial charge in [-0.1, -0.05) is 23.7 Å². The van der Waals surface area contributed by atoms with Crippen LogP contribution in [0.5, 0.6) is 0 Å². The Kier molecular flexibility index (Phi) is 4.95. The molecule has 2 aromatic rings. The lowest BCUT2D eigenvalue weighted by Gasteiger charge is -2.13. The molecule has 2 N–H and O–H groups in total. The van der Waals surface area contributed by atoms with Crippen LogP contribution in [0.15, 0.2) is 36.4 Å². The van der Waals surface area contributed by atoms with Gasteiger partial charge in [0.1, 0.15) is 5.02 Å². The molecule has 7 heteroatoms. The fourth-order valence-electron chi connectivity index (χ4n) is 1.89. The van der Waals surface area contributed by atoms with Crippen LogP contribution in [0.4, 0.5) is 17.1 Å². The summed E-state index contributed by atoms with van der Waals surface area (Å²) in [6, 6.07) is 10.4. The van der Waals surface area contributed by atoms with E-state index in [1.54, 1.807) is 6.07 Å². The lowest BCUT2D eigenvalue weighted by Crippen LogP contribution is -2.19. The fourth-order valence-corrected chi connectivity index (χ4v) is 2.30. The van der Waals surface area contributed by atoms with Gasteiger partial charge < -0.3 is 10.6 Å². The predicted octanol–water partition coefficient (Wildman–Crippen LogP) is 4.67. The van der Waals surface area contributed by atoms with E-state index in [0.717, 1.165) is 16.8 Å². The van der Waals surface area contributed by atoms with Gasteiger partial charge in [-0.15, -0.1) is 0 Å². The molecule has 0 aliphatic heterocycles. The second-order valence-electron chi connectivity index (χ2n) is 4.82. The molecule has 0 heterocycles. The Bertz CT molecular complexity index is 750. The molecule has 0 fully saturated rings. The third-order valence-electron chi connectivity index (χ3n) is 3.04. The Hall–Kier alpha value is -2.18. The van der Waals surface area contributed by atoms with Gasteiger partial charge in [-0.3, -0.25) is 10.1 Å². The summed E-state index contributed by atoms with van der Waals surface area (Å²) in [7, 11) is 0. The minimum Gasteiger partial charge on any atom is -0.332 e. The molecule has 5 nitrogen and oxygen atoms in total. The van der Waals surface area contributed by atoms with Gasteiger partial charge in [0.2, 0.25) is 0 Å². The molecule has 0 aromatic heterocycles. The highest BCUT2D eigenvalue weighted by Crippen LogP contribution is 2.27. The lowest BCUT2D eigenvalue weighted by atomic mass is 10.1. The highest BCUT2D eigenvalue weighted by atomic mass is 35.5. The maximum absolute atomic E-state index is 10.9. The third-order valence-corrected chi connectivity index (χ3v) is 3.57. The lowest BCUT2D eigenvalue weighted by molar-refractivity contribution is -0.384. The molecule has 0 saturated carbocycles. The fraction of sp³-hybridized carbons (Fsp3) is 0.133. The van der Waals surface area contributed by atoms with Crippen LogP contribution in [0, 0.1) is 24.0 Å². The maximum Gasteiger partial charge on any atom is 0.289 e. The van der Waals surface area contributed by atoms with E-state index in [1.165, 1.54) is 12.1 Å². The molecule has 0 bridgehead atoms. The third kappa shape index (κ3) is 3.93.